The lowest BCUT2D eigenvalue weighted by Crippen LogP contribution is -2.51. The van der Waals surface area contributed by atoms with Crippen LogP contribution in [0, 0.1) is 11.8 Å². The van der Waals surface area contributed by atoms with E-state index in [-0.39, 0.29) is 35.7 Å². The maximum atomic E-state index is 13.0. The fraction of sp³-hybridized carbons (Fsp3) is 0.526. The molecule has 0 aromatic heterocycles. The number of hydrogen-bond donors (Lipinski definition) is 0. The fourth-order valence-corrected chi connectivity index (χ4v) is 3.50. The van der Waals surface area contributed by atoms with Crippen molar-refractivity contribution < 1.29 is 40.9 Å². The lowest BCUT2D eigenvalue weighted by atomic mass is 9.71. The Balaban J connectivity index is 1.92. The molecule has 0 spiro atoms. The summed E-state index contributed by atoms with van der Waals surface area (Å²) in [6.07, 6.45) is -7.03. The minimum atomic E-state index is -4.92. The van der Waals surface area contributed by atoms with Crippen molar-refractivity contribution in [1.29, 1.82) is 0 Å². The molecule has 1 aliphatic heterocycles. The molecule has 1 saturated carbocycles. The van der Waals surface area contributed by atoms with Crippen LogP contribution < -0.4 is 0 Å². The second kappa shape index (κ2) is 6.88. The number of Topliss-reactive ketones (excluding diaryl/α,β-unsaturated/α-hetero) is 1. The molecule has 1 heterocycles. The summed E-state index contributed by atoms with van der Waals surface area (Å²) in [5, 5.41) is 0. The molecule has 154 valence electrons. The van der Waals surface area contributed by atoms with Crippen LogP contribution in [0.4, 0.5) is 26.3 Å². The highest BCUT2D eigenvalue weighted by Crippen LogP contribution is 2.43. The Morgan fingerprint density at radius 3 is 2.18 bits per heavy atom. The van der Waals surface area contributed by atoms with Gasteiger partial charge in [0.25, 0.3) is 0 Å². The molecule has 1 saturated heterocycles. The lowest BCUT2D eigenvalue weighted by molar-refractivity contribution is -0.415. The molecule has 4 atom stereocenters. The first-order chi connectivity index (χ1) is 12.8. The maximum absolute atomic E-state index is 13.0. The van der Waals surface area contributed by atoms with E-state index in [0.717, 1.165) is 6.08 Å². The number of hydrogen-bond acceptors (Lipinski definition) is 3. The van der Waals surface area contributed by atoms with Gasteiger partial charge in [-0.05, 0) is 43.2 Å². The minimum absolute atomic E-state index is 0.0115. The van der Waals surface area contributed by atoms with Gasteiger partial charge in [0.1, 0.15) is 17.5 Å². The van der Waals surface area contributed by atoms with Gasteiger partial charge in [0.05, 0.1) is 11.1 Å². The molecule has 9 heteroatoms. The van der Waals surface area contributed by atoms with Crippen LogP contribution in [0.3, 0.4) is 0 Å². The number of carbonyl (C=O) groups excluding carboxylic acids is 1. The Labute approximate surface area is 157 Å². The highest BCUT2D eigenvalue weighted by molar-refractivity contribution is 5.82. The first kappa shape index (κ1) is 20.9. The molecular formula is C19H18F6O3. The van der Waals surface area contributed by atoms with Gasteiger partial charge in [0, 0.05) is 18.3 Å². The Hall–Kier alpha value is -1.87. The molecular weight excluding hydrogens is 390 g/mol. The van der Waals surface area contributed by atoms with Gasteiger partial charge in [-0.2, -0.15) is 26.3 Å². The number of carbonyl (C=O) groups is 1. The number of benzene rings is 1. The van der Waals surface area contributed by atoms with Crippen molar-refractivity contribution in [1.82, 2.24) is 0 Å². The molecule has 1 aromatic rings. The van der Waals surface area contributed by atoms with Crippen molar-refractivity contribution in [3.63, 3.8) is 0 Å². The third kappa shape index (κ3) is 4.10. The molecule has 2 fully saturated rings. The van der Waals surface area contributed by atoms with Crippen LogP contribution in [0.15, 0.2) is 24.3 Å². The van der Waals surface area contributed by atoms with Gasteiger partial charge in [-0.15, -0.1) is 0 Å². The second-order valence-electron chi connectivity index (χ2n) is 7.47. The molecule has 1 aromatic carbocycles. The molecule has 0 amide bonds. The number of halogens is 6. The van der Waals surface area contributed by atoms with Crippen LogP contribution in [0.1, 0.15) is 43.4 Å². The van der Waals surface area contributed by atoms with Crippen molar-refractivity contribution in [2.24, 2.45) is 11.8 Å². The first-order valence-electron chi connectivity index (χ1n) is 8.65. The van der Waals surface area contributed by atoms with Crippen molar-refractivity contribution >= 4 is 11.9 Å². The monoisotopic (exact) mass is 408 g/mol. The van der Waals surface area contributed by atoms with E-state index in [1.165, 1.54) is 6.08 Å². The Morgan fingerprint density at radius 2 is 1.64 bits per heavy atom. The predicted octanol–water partition coefficient (Wildman–Crippen LogP) is 5.44. The van der Waals surface area contributed by atoms with Crippen LogP contribution in [0.25, 0.3) is 6.08 Å². The topological polar surface area (TPSA) is 35.5 Å². The van der Waals surface area contributed by atoms with Gasteiger partial charge < -0.3 is 0 Å². The van der Waals surface area contributed by atoms with E-state index in [4.69, 9.17) is 9.78 Å². The van der Waals surface area contributed by atoms with Gasteiger partial charge in [0.15, 0.2) is 0 Å². The smallest absolute Gasteiger partial charge is 0.299 e. The zero-order valence-electron chi connectivity index (χ0n) is 15.0. The summed E-state index contributed by atoms with van der Waals surface area (Å²) >= 11 is 0. The minimum Gasteiger partial charge on any atom is -0.299 e. The van der Waals surface area contributed by atoms with E-state index in [1.54, 1.807) is 13.8 Å². The summed E-state index contributed by atoms with van der Waals surface area (Å²) in [5.41, 5.74) is -4.20. The van der Waals surface area contributed by atoms with Crippen molar-refractivity contribution in [3.8, 4) is 0 Å². The van der Waals surface area contributed by atoms with Gasteiger partial charge in [0.2, 0.25) is 0 Å². The lowest BCUT2D eigenvalue weighted by Gasteiger charge is -2.45. The van der Waals surface area contributed by atoms with E-state index in [2.05, 4.69) is 0 Å². The van der Waals surface area contributed by atoms with Gasteiger partial charge in [-0.3, -0.25) is 4.79 Å². The van der Waals surface area contributed by atoms with E-state index in [0.29, 0.717) is 18.6 Å². The molecule has 2 bridgehead atoms. The zero-order valence-corrected chi connectivity index (χ0v) is 15.0. The van der Waals surface area contributed by atoms with Gasteiger partial charge >= 0.3 is 12.4 Å². The van der Waals surface area contributed by atoms with Crippen LogP contribution in [0.2, 0.25) is 0 Å². The molecule has 3 rings (SSSR count). The summed E-state index contributed by atoms with van der Waals surface area (Å²) < 4.78 is 77.9. The molecule has 1 aliphatic carbocycles. The molecule has 0 N–H and O–H groups in total. The van der Waals surface area contributed by atoms with Crippen LogP contribution in [-0.4, -0.2) is 17.5 Å². The standard InChI is InChI=1S/C19H18F6O3/c1-10-15(26)8-12-9-16(10)27-28-17(12,2)4-3-11-5-13(18(20,21)22)7-14(6-11)19(23,24)25/h3-7,10,12,16H,8-9H2,1-2H3/t10-,12+,16+,17+/m1/s1. The highest BCUT2D eigenvalue weighted by Gasteiger charge is 2.48. The van der Waals surface area contributed by atoms with Crippen molar-refractivity contribution in [2.75, 3.05) is 0 Å². The normalized spacial score (nSPS) is 31.4. The molecule has 0 unspecified atom stereocenters. The van der Waals surface area contributed by atoms with Gasteiger partial charge in [-0.1, -0.05) is 13.0 Å². The molecule has 3 nitrogen and oxygen atoms in total. The average molecular weight is 408 g/mol. The van der Waals surface area contributed by atoms with Crippen LogP contribution in [0.5, 0.6) is 0 Å². The second-order valence-corrected chi connectivity index (χ2v) is 7.47. The number of rotatable bonds is 2. The van der Waals surface area contributed by atoms with Crippen LogP contribution in [-0.2, 0) is 26.9 Å². The van der Waals surface area contributed by atoms with Gasteiger partial charge in [-0.25, -0.2) is 9.78 Å². The number of alkyl halides is 6. The molecule has 28 heavy (non-hydrogen) atoms. The number of ketones is 1. The summed E-state index contributed by atoms with van der Waals surface area (Å²) in [6, 6.07) is 1.34. The van der Waals surface area contributed by atoms with E-state index < -0.39 is 35.2 Å². The Kier molecular flexibility index (Phi) is 5.12. The predicted molar refractivity (Wildman–Crippen MR) is 86.7 cm³/mol. The number of fused-ring (bicyclic) bond motifs is 2. The summed E-state index contributed by atoms with van der Waals surface area (Å²) in [6.45, 7) is 3.32. The fourth-order valence-electron chi connectivity index (χ4n) is 3.50. The van der Waals surface area contributed by atoms with E-state index in [9.17, 15) is 31.1 Å². The van der Waals surface area contributed by atoms with Crippen molar-refractivity contribution in [3.05, 3.63) is 41.0 Å². The maximum Gasteiger partial charge on any atom is 0.416 e. The van der Waals surface area contributed by atoms with E-state index in [1.807, 2.05) is 0 Å². The zero-order chi connectivity index (χ0) is 20.9. The average Bonchev–Trinajstić information content (AvgIpc) is 2.59. The summed E-state index contributed by atoms with van der Waals surface area (Å²) in [7, 11) is 0. The third-order valence-corrected chi connectivity index (χ3v) is 5.41. The highest BCUT2D eigenvalue weighted by atomic mass is 19.4. The largest absolute Gasteiger partial charge is 0.416 e. The molecule has 0 radical (unpaired) electrons. The quantitative estimate of drug-likeness (QED) is 0.483. The summed E-state index contributed by atoms with van der Waals surface area (Å²) in [5.74, 6) is -0.607. The van der Waals surface area contributed by atoms with Crippen molar-refractivity contribution in [2.45, 2.75) is 50.7 Å². The molecule has 2 aliphatic rings. The third-order valence-electron chi connectivity index (χ3n) is 5.41. The SMILES string of the molecule is C[C@@H]1C(=O)C[C@H]2C[C@@H]1OO[C@@]2(C)C=Cc1cc(C(F)(F)F)cc(C(F)(F)F)c1. The summed E-state index contributed by atoms with van der Waals surface area (Å²) in [4.78, 5) is 22.7. The Bertz CT molecular complexity index is 766. The van der Waals surface area contributed by atoms with Crippen LogP contribution >= 0.6 is 0 Å². The Morgan fingerprint density at radius 1 is 1.07 bits per heavy atom. The first-order valence-corrected chi connectivity index (χ1v) is 8.65. The van der Waals surface area contributed by atoms with E-state index >= 15 is 0 Å².